The Balaban J connectivity index is 1.54. The quantitative estimate of drug-likeness (QED) is 0.297. The number of esters is 1. The molecule has 0 saturated carbocycles. The zero-order valence-electron chi connectivity index (χ0n) is 20.0. The summed E-state index contributed by atoms with van der Waals surface area (Å²) < 4.78 is 12.7. The molecule has 4 aromatic rings. The lowest BCUT2D eigenvalue weighted by Crippen LogP contribution is -2.33. The van der Waals surface area contributed by atoms with Crippen molar-refractivity contribution < 1.29 is 14.3 Å². The van der Waals surface area contributed by atoms with Crippen LogP contribution in [0.15, 0.2) is 60.7 Å². The summed E-state index contributed by atoms with van der Waals surface area (Å²) in [6.07, 6.45) is 0. The molecule has 186 valence electrons. The van der Waals surface area contributed by atoms with Crippen LogP contribution in [0.2, 0.25) is 10.6 Å². The van der Waals surface area contributed by atoms with Gasteiger partial charge >= 0.3 is 5.97 Å². The molecule has 1 atom stereocenters. The molecule has 0 radical (unpaired) electrons. The van der Waals surface area contributed by atoms with E-state index in [-0.39, 0.29) is 16.5 Å². The summed E-state index contributed by atoms with van der Waals surface area (Å²) in [5, 5.41) is 3.05. The number of anilines is 3. The zero-order valence-corrected chi connectivity index (χ0v) is 21.5. The summed E-state index contributed by atoms with van der Waals surface area (Å²) in [5.41, 5.74) is 3.16. The van der Waals surface area contributed by atoms with Crippen LogP contribution in [0, 0.1) is 0 Å². The van der Waals surface area contributed by atoms with Gasteiger partial charge in [-0.05, 0) is 73.4 Å². The average molecular weight is 534 g/mol. The van der Waals surface area contributed by atoms with Gasteiger partial charge in [0.15, 0.2) is 5.60 Å². The van der Waals surface area contributed by atoms with Crippen LogP contribution in [0.4, 0.5) is 17.3 Å². The van der Waals surface area contributed by atoms with Gasteiger partial charge in [0.2, 0.25) is 16.5 Å². The van der Waals surface area contributed by atoms with E-state index in [9.17, 15) is 4.79 Å². The Morgan fingerprint density at radius 2 is 1.62 bits per heavy atom. The van der Waals surface area contributed by atoms with Crippen molar-refractivity contribution in [3.05, 3.63) is 93.5 Å². The highest BCUT2D eigenvalue weighted by Gasteiger charge is 2.53. The number of carbonyl (C=O) groups excluding carboxylic acids is 1. The number of carbonyl (C=O) groups is 1. The van der Waals surface area contributed by atoms with E-state index in [0.717, 1.165) is 29.9 Å². The molecule has 3 heterocycles. The van der Waals surface area contributed by atoms with Gasteiger partial charge in [-0.2, -0.15) is 15.0 Å². The second-order valence-electron chi connectivity index (χ2n) is 8.60. The molecule has 0 fully saturated rings. The Kier molecular flexibility index (Phi) is 5.66. The van der Waals surface area contributed by atoms with E-state index in [1.165, 1.54) is 0 Å². The number of aromatic nitrogens is 3. The highest BCUT2D eigenvalue weighted by atomic mass is 35.5. The first-order valence-corrected chi connectivity index (χ1v) is 12.6. The SMILES string of the molecule is CCN(CC)c1ccc2c(c1)Oc1ccc(Nc3nc(Cl)nc(Cl)n3)cc1C21OC(=O)c2ccccc21. The van der Waals surface area contributed by atoms with Crippen molar-refractivity contribution in [3.63, 3.8) is 0 Å². The fraction of sp³-hybridized carbons (Fsp3) is 0.185. The van der Waals surface area contributed by atoms with Crippen molar-refractivity contribution in [2.24, 2.45) is 0 Å². The van der Waals surface area contributed by atoms with E-state index in [2.05, 4.69) is 39.0 Å². The van der Waals surface area contributed by atoms with Crippen molar-refractivity contribution in [2.75, 3.05) is 23.3 Å². The van der Waals surface area contributed by atoms with Gasteiger partial charge < -0.3 is 19.7 Å². The van der Waals surface area contributed by atoms with E-state index in [4.69, 9.17) is 32.7 Å². The van der Waals surface area contributed by atoms with Gasteiger partial charge in [0.05, 0.1) is 5.56 Å². The number of nitrogens with one attached hydrogen (secondary N) is 1. The maximum Gasteiger partial charge on any atom is 0.340 e. The van der Waals surface area contributed by atoms with Gasteiger partial charge in [-0.1, -0.05) is 18.2 Å². The van der Waals surface area contributed by atoms with Crippen LogP contribution in [0.3, 0.4) is 0 Å². The van der Waals surface area contributed by atoms with Crippen LogP contribution < -0.4 is 15.0 Å². The number of ether oxygens (including phenoxy) is 2. The lowest BCUT2D eigenvalue weighted by Gasteiger charge is -2.37. The molecule has 1 spiro atoms. The fourth-order valence-corrected chi connectivity index (χ4v) is 5.40. The summed E-state index contributed by atoms with van der Waals surface area (Å²) in [4.78, 5) is 27.3. The smallest absolute Gasteiger partial charge is 0.340 e. The minimum atomic E-state index is -1.19. The second kappa shape index (κ2) is 8.90. The Hall–Kier alpha value is -3.88. The van der Waals surface area contributed by atoms with E-state index in [1.54, 1.807) is 6.07 Å². The summed E-state index contributed by atoms with van der Waals surface area (Å²) in [7, 11) is 0. The maximum absolute atomic E-state index is 13.1. The molecule has 2 aliphatic rings. The van der Waals surface area contributed by atoms with Crippen molar-refractivity contribution in [3.8, 4) is 11.5 Å². The largest absolute Gasteiger partial charge is 0.456 e. The zero-order chi connectivity index (χ0) is 25.7. The van der Waals surface area contributed by atoms with E-state index in [0.29, 0.717) is 28.3 Å². The van der Waals surface area contributed by atoms with Gasteiger partial charge in [0.1, 0.15) is 11.5 Å². The summed E-state index contributed by atoms with van der Waals surface area (Å²) in [5.74, 6) is 1.00. The van der Waals surface area contributed by atoms with Gasteiger partial charge in [-0.25, -0.2) is 4.79 Å². The van der Waals surface area contributed by atoms with Gasteiger partial charge in [0.25, 0.3) is 0 Å². The van der Waals surface area contributed by atoms with Crippen LogP contribution in [0.25, 0.3) is 0 Å². The van der Waals surface area contributed by atoms with E-state index >= 15 is 0 Å². The lowest BCUT2D eigenvalue weighted by molar-refractivity contribution is 0.0224. The van der Waals surface area contributed by atoms with Crippen molar-refractivity contribution >= 4 is 46.5 Å². The minimum absolute atomic E-state index is 0.0307. The molecule has 1 unspecified atom stereocenters. The number of rotatable bonds is 5. The van der Waals surface area contributed by atoms with Gasteiger partial charge in [-0.3, -0.25) is 0 Å². The number of nitrogens with zero attached hydrogens (tertiary/aromatic N) is 4. The first-order valence-electron chi connectivity index (χ1n) is 11.8. The van der Waals surface area contributed by atoms with Gasteiger partial charge in [-0.15, -0.1) is 0 Å². The van der Waals surface area contributed by atoms with Crippen molar-refractivity contribution in [1.82, 2.24) is 15.0 Å². The third kappa shape index (κ3) is 3.75. The monoisotopic (exact) mass is 533 g/mol. The molecule has 10 heteroatoms. The first-order chi connectivity index (χ1) is 17.9. The molecule has 6 rings (SSSR count). The molecular weight excluding hydrogens is 513 g/mol. The second-order valence-corrected chi connectivity index (χ2v) is 9.28. The fourth-order valence-electron chi connectivity index (χ4n) is 5.04. The highest BCUT2D eigenvalue weighted by Crippen LogP contribution is 2.57. The molecule has 0 amide bonds. The number of hydrogen-bond donors (Lipinski definition) is 1. The lowest BCUT2D eigenvalue weighted by atomic mass is 9.77. The third-order valence-corrected chi connectivity index (χ3v) is 7.00. The Morgan fingerprint density at radius 1 is 0.865 bits per heavy atom. The summed E-state index contributed by atoms with van der Waals surface area (Å²) in [6, 6.07) is 19.0. The number of hydrogen-bond acceptors (Lipinski definition) is 8. The van der Waals surface area contributed by atoms with Crippen molar-refractivity contribution in [1.29, 1.82) is 0 Å². The first kappa shape index (κ1) is 23.5. The maximum atomic E-state index is 13.1. The Labute approximate surface area is 223 Å². The van der Waals surface area contributed by atoms with E-state index < -0.39 is 11.6 Å². The molecule has 8 nitrogen and oxygen atoms in total. The number of halogens is 2. The predicted molar refractivity (Wildman–Crippen MR) is 141 cm³/mol. The molecule has 1 N–H and O–H groups in total. The van der Waals surface area contributed by atoms with Gasteiger partial charge in [0, 0.05) is 47.2 Å². The topological polar surface area (TPSA) is 89.5 Å². The summed E-state index contributed by atoms with van der Waals surface area (Å²) in [6.45, 7) is 5.93. The molecule has 0 saturated heterocycles. The molecule has 37 heavy (non-hydrogen) atoms. The summed E-state index contributed by atoms with van der Waals surface area (Å²) >= 11 is 11.9. The Morgan fingerprint density at radius 3 is 2.38 bits per heavy atom. The average Bonchev–Trinajstić information content (AvgIpc) is 3.18. The Bertz CT molecular complexity index is 1540. The van der Waals surface area contributed by atoms with Crippen LogP contribution in [0.5, 0.6) is 11.5 Å². The predicted octanol–water partition coefficient (Wildman–Crippen LogP) is 6.34. The minimum Gasteiger partial charge on any atom is -0.456 e. The standard InChI is InChI=1S/C27H21Cl2N5O3/c1-3-34(4-2)16-10-11-19-22(14-16)36-21-12-9-15(30-26-32-24(28)31-25(29)33-26)13-20(21)27(19)18-8-6-5-7-17(18)23(35)37-27/h5-14H,3-4H2,1-2H3,(H,30,31,32,33). The number of fused-ring (bicyclic) bond motifs is 6. The van der Waals surface area contributed by atoms with Crippen LogP contribution in [0.1, 0.15) is 40.9 Å². The van der Waals surface area contributed by atoms with Crippen molar-refractivity contribution in [2.45, 2.75) is 19.4 Å². The molecule has 3 aromatic carbocycles. The van der Waals surface area contributed by atoms with Crippen LogP contribution in [-0.4, -0.2) is 34.0 Å². The van der Waals surface area contributed by atoms with Crippen LogP contribution >= 0.6 is 23.2 Å². The molecule has 0 aliphatic carbocycles. The molecule has 0 bridgehead atoms. The molecule has 2 aliphatic heterocycles. The van der Waals surface area contributed by atoms with E-state index in [1.807, 2.05) is 54.6 Å². The normalized spacial score (nSPS) is 16.9. The highest BCUT2D eigenvalue weighted by molar-refractivity contribution is 6.31. The molecule has 1 aromatic heterocycles. The third-order valence-electron chi connectivity index (χ3n) is 6.66. The van der Waals surface area contributed by atoms with Crippen LogP contribution in [-0.2, 0) is 10.3 Å². The number of benzene rings is 3. The molecular formula is C27H21Cl2N5O3.